The van der Waals surface area contributed by atoms with E-state index in [4.69, 9.17) is 0 Å². The third kappa shape index (κ3) is 4.80. The summed E-state index contributed by atoms with van der Waals surface area (Å²) < 4.78 is 0. The van der Waals surface area contributed by atoms with Crippen LogP contribution in [0.5, 0.6) is 0 Å². The van der Waals surface area contributed by atoms with E-state index in [1.165, 1.54) is 18.4 Å². The maximum Gasteiger partial charge on any atom is 0.274 e. The molecule has 4 rings (SSSR count). The van der Waals surface area contributed by atoms with Crippen LogP contribution in [0.25, 0.3) is 0 Å². The van der Waals surface area contributed by atoms with E-state index in [9.17, 15) is 4.79 Å². The minimum atomic E-state index is -0.0136. The molecular weight excluding hydrogens is 360 g/mol. The first-order chi connectivity index (χ1) is 14.3. The molecular formula is C24H26N4O. The van der Waals surface area contributed by atoms with Gasteiger partial charge in [-0.3, -0.25) is 4.79 Å². The molecule has 1 saturated heterocycles. The molecule has 5 heteroatoms. The third-order valence-electron chi connectivity index (χ3n) is 5.28. The fourth-order valence-electron chi connectivity index (χ4n) is 3.69. The Labute approximate surface area is 172 Å². The number of carbonyl (C=O) groups is 1. The molecule has 1 aromatic heterocycles. The number of hydrogen-bond acceptors (Lipinski definition) is 4. The fraction of sp³-hybridized carbons (Fsp3) is 0.292. The molecule has 148 valence electrons. The lowest BCUT2D eigenvalue weighted by molar-refractivity contribution is 0.0755. The van der Waals surface area contributed by atoms with Gasteiger partial charge in [0.15, 0.2) is 5.82 Å². The standard InChI is InChI=1S/C24H26N4O/c29-24(27-15-9-1-2-10-16-27)22-17-26-23(18-25-22)28(21-13-7-4-8-14-21)19-20-11-5-3-6-12-20/h3-8,11-14,17-18H,1-2,9-10,15-16,19H2. The lowest BCUT2D eigenvalue weighted by atomic mass is 10.2. The van der Waals surface area contributed by atoms with Crippen LogP contribution in [-0.4, -0.2) is 33.9 Å². The van der Waals surface area contributed by atoms with Crippen molar-refractivity contribution in [2.45, 2.75) is 32.2 Å². The lowest BCUT2D eigenvalue weighted by Gasteiger charge is -2.24. The second-order valence-electron chi connectivity index (χ2n) is 7.37. The van der Waals surface area contributed by atoms with E-state index in [-0.39, 0.29) is 5.91 Å². The van der Waals surface area contributed by atoms with Crippen molar-refractivity contribution in [2.75, 3.05) is 18.0 Å². The Kier molecular flexibility index (Phi) is 6.15. The third-order valence-corrected chi connectivity index (χ3v) is 5.28. The highest BCUT2D eigenvalue weighted by atomic mass is 16.2. The van der Waals surface area contributed by atoms with Crippen LogP contribution in [0.2, 0.25) is 0 Å². The normalized spacial score (nSPS) is 14.3. The average molecular weight is 386 g/mol. The second-order valence-corrected chi connectivity index (χ2v) is 7.37. The summed E-state index contributed by atoms with van der Waals surface area (Å²) in [6.07, 6.45) is 7.84. The summed E-state index contributed by atoms with van der Waals surface area (Å²) in [5, 5.41) is 0. The van der Waals surface area contributed by atoms with E-state index in [1.807, 2.05) is 41.3 Å². The summed E-state index contributed by atoms with van der Waals surface area (Å²) in [5.74, 6) is 0.715. The molecule has 0 spiro atoms. The molecule has 1 aliphatic rings. The summed E-state index contributed by atoms with van der Waals surface area (Å²) in [6, 6.07) is 20.4. The maximum atomic E-state index is 12.8. The summed E-state index contributed by atoms with van der Waals surface area (Å²) in [4.78, 5) is 25.9. The fourth-order valence-corrected chi connectivity index (χ4v) is 3.69. The first kappa shape index (κ1) is 19.1. The molecule has 1 amide bonds. The van der Waals surface area contributed by atoms with Gasteiger partial charge in [0.2, 0.25) is 0 Å². The lowest BCUT2D eigenvalue weighted by Crippen LogP contribution is -2.32. The minimum absolute atomic E-state index is 0.0136. The molecule has 0 radical (unpaired) electrons. The molecule has 0 unspecified atom stereocenters. The van der Waals surface area contributed by atoms with Gasteiger partial charge < -0.3 is 9.80 Å². The molecule has 29 heavy (non-hydrogen) atoms. The zero-order valence-electron chi connectivity index (χ0n) is 16.6. The molecule has 0 atom stereocenters. The van der Waals surface area contributed by atoms with E-state index in [0.29, 0.717) is 12.2 Å². The Balaban J connectivity index is 1.57. The molecule has 0 saturated carbocycles. The number of hydrogen-bond donors (Lipinski definition) is 0. The predicted octanol–water partition coefficient (Wildman–Crippen LogP) is 4.83. The van der Waals surface area contributed by atoms with Crippen LogP contribution in [-0.2, 0) is 6.54 Å². The molecule has 5 nitrogen and oxygen atoms in total. The van der Waals surface area contributed by atoms with Crippen molar-refractivity contribution in [3.05, 3.63) is 84.3 Å². The van der Waals surface area contributed by atoms with Gasteiger partial charge in [0.05, 0.1) is 12.4 Å². The second kappa shape index (κ2) is 9.32. The van der Waals surface area contributed by atoms with Gasteiger partial charge in [-0.25, -0.2) is 9.97 Å². The van der Waals surface area contributed by atoms with Crippen molar-refractivity contribution in [1.29, 1.82) is 0 Å². The van der Waals surface area contributed by atoms with E-state index in [2.05, 4.69) is 39.1 Å². The molecule has 1 aliphatic heterocycles. The number of anilines is 2. The van der Waals surface area contributed by atoms with Crippen molar-refractivity contribution in [3.63, 3.8) is 0 Å². The minimum Gasteiger partial charge on any atom is -0.337 e. The Hall–Kier alpha value is -3.21. The summed E-state index contributed by atoms with van der Waals surface area (Å²) in [6.45, 7) is 2.30. The zero-order valence-corrected chi connectivity index (χ0v) is 16.6. The van der Waals surface area contributed by atoms with Crippen LogP contribution < -0.4 is 4.90 Å². The monoisotopic (exact) mass is 386 g/mol. The predicted molar refractivity (Wildman–Crippen MR) is 115 cm³/mol. The molecule has 3 aromatic rings. The van der Waals surface area contributed by atoms with Crippen molar-refractivity contribution < 1.29 is 4.79 Å². The van der Waals surface area contributed by atoms with Crippen molar-refractivity contribution >= 4 is 17.4 Å². The Bertz CT molecular complexity index is 905. The highest BCUT2D eigenvalue weighted by molar-refractivity contribution is 5.92. The van der Waals surface area contributed by atoms with Crippen LogP contribution >= 0.6 is 0 Å². The number of aromatic nitrogens is 2. The highest BCUT2D eigenvalue weighted by Gasteiger charge is 2.20. The van der Waals surface area contributed by atoms with E-state index >= 15 is 0 Å². The van der Waals surface area contributed by atoms with Crippen molar-refractivity contribution in [1.82, 2.24) is 14.9 Å². The quantitative estimate of drug-likeness (QED) is 0.630. The smallest absolute Gasteiger partial charge is 0.274 e. The summed E-state index contributed by atoms with van der Waals surface area (Å²) in [5.41, 5.74) is 2.64. The molecule has 0 N–H and O–H groups in total. The maximum absolute atomic E-state index is 12.8. The molecule has 0 aliphatic carbocycles. The zero-order chi connectivity index (χ0) is 19.9. The van der Waals surface area contributed by atoms with Crippen molar-refractivity contribution in [2.24, 2.45) is 0 Å². The van der Waals surface area contributed by atoms with Crippen LogP contribution in [0.4, 0.5) is 11.5 Å². The van der Waals surface area contributed by atoms with Crippen LogP contribution in [0, 0.1) is 0 Å². The number of rotatable bonds is 5. The highest BCUT2D eigenvalue weighted by Crippen LogP contribution is 2.25. The Morgan fingerprint density at radius 1 is 0.828 bits per heavy atom. The number of nitrogens with zero attached hydrogens (tertiary/aromatic N) is 4. The van der Waals surface area contributed by atoms with E-state index in [0.717, 1.165) is 37.4 Å². The number of para-hydroxylation sites is 1. The Morgan fingerprint density at radius 3 is 2.10 bits per heavy atom. The largest absolute Gasteiger partial charge is 0.337 e. The van der Waals surface area contributed by atoms with Crippen LogP contribution in [0.15, 0.2) is 73.1 Å². The first-order valence-electron chi connectivity index (χ1n) is 10.3. The average Bonchev–Trinajstić information content (AvgIpc) is 3.08. The molecule has 0 bridgehead atoms. The van der Waals surface area contributed by atoms with Gasteiger partial charge in [0, 0.05) is 25.3 Å². The van der Waals surface area contributed by atoms with E-state index < -0.39 is 0 Å². The molecule has 2 heterocycles. The van der Waals surface area contributed by atoms with Gasteiger partial charge in [-0.05, 0) is 30.5 Å². The Morgan fingerprint density at radius 2 is 1.48 bits per heavy atom. The van der Waals surface area contributed by atoms with Crippen LogP contribution in [0.1, 0.15) is 41.7 Å². The SMILES string of the molecule is O=C(c1cnc(N(Cc2ccccc2)c2ccccc2)cn1)N1CCCCCC1. The molecule has 1 fully saturated rings. The summed E-state index contributed by atoms with van der Waals surface area (Å²) in [7, 11) is 0. The number of likely N-dealkylation sites (tertiary alicyclic amines) is 1. The van der Waals surface area contributed by atoms with Gasteiger partial charge in [0.25, 0.3) is 5.91 Å². The topological polar surface area (TPSA) is 49.3 Å². The number of carbonyl (C=O) groups excluding carboxylic acids is 1. The molecule has 2 aromatic carbocycles. The number of benzene rings is 2. The first-order valence-corrected chi connectivity index (χ1v) is 10.3. The summed E-state index contributed by atoms with van der Waals surface area (Å²) >= 11 is 0. The van der Waals surface area contributed by atoms with Gasteiger partial charge >= 0.3 is 0 Å². The van der Waals surface area contributed by atoms with Gasteiger partial charge in [0.1, 0.15) is 5.69 Å². The van der Waals surface area contributed by atoms with Crippen molar-refractivity contribution in [3.8, 4) is 0 Å². The van der Waals surface area contributed by atoms with Gasteiger partial charge in [-0.1, -0.05) is 61.4 Å². The van der Waals surface area contributed by atoms with Crippen LogP contribution in [0.3, 0.4) is 0 Å². The van der Waals surface area contributed by atoms with Gasteiger partial charge in [-0.15, -0.1) is 0 Å². The number of amides is 1. The van der Waals surface area contributed by atoms with E-state index in [1.54, 1.807) is 12.4 Å². The van der Waals surface area contributed by atoms with Gasteiger partial charge in [-0.2, -0.15) is 0 Å².